The Labute approximate surface area is 261 Å². The largest absolute Gasteiger partial charge is 0.433 e. The van der Waals surface area contributed by atoms with Gasteiger partial charge >= 0.3 is 6.18 Å². The summed E-state index contributed by atoms with van der Waals surface area (Å²) in [7, 11) is -2.42. The van der Waals surface area contributed by atoms with Crippen molar-refractivity contribution in [2.45, 2.75) is 55.9 Å². The molecular weight excluding hydrogens is 645 g/mol. The number of amides is 1. The maximum absolute atomic E-state index is 15.1. The van der Waals surface area contributed by atoms with Crippen molar-refractivity contribution in [3.8, 4) is 0 Å². The van der Waals surface area contributed by atoms with E-state index in [4.69, 9.17) is 17.3 Å². The molecule has 0 radical (unpaired) electrons. The minimum Gasteiger partial charge on any atom is -0.323 e. The van der Waals surface area contributed by atoms with Gasteiger partial charge in [-0.05, 0) is 49.4 Å². The van der Waals surface area contributed by atoms with Gasteiger partial charge in [-0.3, -0.25) is 14.5 Å². The molecule has 4 heterocycles. The number of nitrogens with two attached hydrogens (primary N) is 1. The molecule has 10 nitrogen and oxygen atoms in total. The van der Waals surface area contributed by atoms with E-state index in [0.717, 1.165) is 31.8 Å². The number of alkyl halides is 3. The quantitative estimate of drug-likeness (QED) is 0.311. The third kappa shape index (κ3) is 7.14. The highest BCUT2D eigenvalue weighted by molar-refractivity contribution is 7.89. The van der Waals surface area contributed by atoms with Gasteiger partial charge in [-0.2, -0.15) is 22.6 Å². The number of hydrogen-bond acceptors (Lipinski definition) is 7. The van der Waals surface area contributed by atoms with Crippen molar-refractivity contribution < 1.29 is 35.2 Å². The first-order valence-electron chi connectivity index (χ1n) is 14.1. The number of aromatic nitrogens is 3. The number of nitrogens with one attached hydrogen (secondary N) is 2. The predicted molar refractivity (Wildman–Crippen MR) is 156 cm³/mol. The van der Waals surface area contributed by atoms with Crippen LogP contribution in [-0.4, -0.2) is 70.4 Å². The summed E-state index contributed by atoms with van der Waals surface area (Å²) in [5.41, 5.74) is 4.98. The summed E-state index contributed by atoms with van der Waals surface area (Å²) in [5, 5.41) is 9.53. The lowest BCUT2D eigenvalue weighted by Crippen LogP contribution is -2.57. The number of anilines is 1. The van der Waals surface area contributed by atoms with E-state index >= 15 is 4.39 Å². The van der Waals surface area contributed by atoms with Crippen LogP contribution in [0.2, 0.25) is 5.02 Å². The molecule has 0 spiro atoms. The lowest BCUT2D eigenvalue weighted by Gasteiger charge is -2.37. The van der Waals surface area contributed by atoms with E-state index in [1.807, 2.05) is 0 Å². The van der Waals surface area contributed by atoms with Crippen molar-refractivity contribution in [1.29, 1.82) is 0 Å². The van der Waals surface area contributed by atoms with Crippen LogP contribution in [0.15, 0.2) is 36.7 Å². The zero-order valence-electron chi connectivity index (χ0n) is 24.0. The molecule has 2 aliphatic rings. The molecule has 0 saturated carbocycles. The third-order valence-electron chi connectivity index (χ3n) is 8.22. The first kappa shape index (κ1) is 33.2. The van der Waals surface area contributed by atoms with E-state index in [1.165, 1.54) is 22.6 Å². The average molecular weight is 676 g/mol. The van der Waals surface area contributed by atoms with Crippen LogP contribution in [0.3, 0.4) is 0 Å². The number of fused-ring (bicyclic) bond motifs is 2. The van der Waals surface area contributed by atoms with Gasteiger partial charge in [0.1, 0.15) is 17.3 Å². The Hall–Kier alpha value is -3.18. The average Bonchev–Trinajstić information content (AvgIpc) is 3.31. The molecule has 244 valence electrons. The summed E-state index contributed by atoms with van der Waals surface area (Å²) >= 11 is 5.80. The number of rotatable bonds is 8. The van der Waals surface area contributed by atoms with E-state index < -0.39 is 57.4 Å². The van der Waals surface area contributed by atoms with Crippen LogP contribution in [0, 0.1) is 11.6 Å². The summed E-state index contributed by atoms with van der Waals surface area (Å²) in [5.74, 6) is -3.90. The normalized spacial score (nSPS) is 22.8. The lowest BCUT2D eigenvalue weighted by atomic mass is 9.88. The second kappa shape index (κ2) is 12.9. The zero-order chi connectivity index (χ0) is 32.7. The van der Waals surface area contributed by atoms with Gasteiger partial charge in [0, 0.05) is 37.8 Å². The number of piperazine rings is 1. The molecule has 45 heavy (non-hydrogen) atoms. The fourth-order valence-corrected chi connectivity index (χ4v) is 7.85. The second-order valence-electron chi connectivity index (χ2n) is 11.2. The van der Waals surface area contributed by atoms with Gasteiger partial charge in [0.05, 0.1) is 46.5 Å². The van der Waals surface area contributed by atoms with Crippen LogP contribution in [0.4, 0.5) is 27.6 Å². The van der Waals surface area contributed by atoms with Crippen molar-refractivity contribution in [3.63, 3.8) is 0 Å². The number of aryl methyl sites for hydroxylation is 1. The maximum Gasteiger partial charge on any atom is 0.433 e. The number of pyridine rings is 1. The standard InChI is InChI=1S/C28H31ClF5N7O3S/c1-40-24(28(32,33)34)10-22(39-40)25(15-4-7-19(29)20(30)9-15)26(35)27(42)38-23-13-36-12-21(31)18(23)6-5-17-11-37-16-3-2-8-45(43,44)41(17)14-16/h4,7,9-10,12-13,16-17,25-26,37H,2-3,5-6,8,11,14,35H2,1H3,(H,38,42). The molecule has 0 aliphatic carbocycles. The molecule has 2 aliphatic heterocycles. The topological polar surface area (TPSA) is 135 Å². The minimum atomic E-state index is -4.77. The Bertz CT molecular complexity index is 1690. The van der Waals surface area contributed by atoms with E-state index in [2.05, 4.69) is 20.7 Å². The molecule has 2 saturated heterocycles. The molecular formula is C28H31ClF5N7O3S. The summed E-state index contributed by atoms with van der Waals surface area (Å²) < 4.78 is 98.0. The Morgan fingerprint density at radius 3 is 2.67 bits per heavy atom. The number of nitrogens with zero attached hydrogens (tertiary/aromatic N) is 4. The molecule has 17 heteroatoms. The maximum atomic E-state index is 15.1. The Balaban J connectivity index is 1.40. The molecule has 5 atom stereocenters. The van der Waals surface area contributed by atoms with Crippen LogP contribution in [0.5, 0.6) is 0 Å². The van der Waals surface area contributed by atoms with Crippen LogP contribution < -0.4 is 16.4 Å². The second-order valence-corrected chi connectivity index (χ2v) is 13.7. The number of hydrogen-bond donors (Lipinski definition) is 3. The fraction of sp³-hybridized carbons (Fsp3) is 0.464. The molecule has 5 rings (SSSR count). The molecule has 2 aromatic heterocycles. The van der Waals surface area contributed by atoms with Gasteiger partial charge in [0.15, 0.2) is 0 Å². The summed E-state index contributed by atoms with van der Waals surface area (Å²) in [6, 6.07) is 2.15. The zero-order valence-corrected chi connectivity index (χ0v) is 25.6. The predicted octanol–water partition coefficient (Wildman–Crippen LogP) is 3.56. The highest BCUT2D eigenvalue weighted by Gasteiger charge is 2.39. The molecule has 2 fully saturated rings. The van der Waals surface area contributed by atoms with Crippen LogP contribution >= 0.6 is 11.6 Å². The van der Waals surface area contributed by atoms with Gasteiger partial charge in [-0.25, -0.2) is 17.2 Å². The van der Waals surface area contributed by atoms with Crippen LogP contribution in [0.1, 0.15) is 47.7 Å². The van der Waals surface area contributed by atoms with Crippen molar-refractivity contribution in [1.82, 2.24) is 24.4 Å². The van der Waals surface area contributed by atoms with E-state index in [-0.39, 0.29) is 52.2 Å². The molecule has 5 unspecified atom stereocenters. The Morgan fingerprint density at radius 2 is 1.98 bits per heavy atom. The Kier molecular flexibility index (Phi) is 9.52. The van der Waals surface area contributed by atoms with Crippen molar-refractivity contribution >= 4 is 33.2 Å². The number of sulfonamides is 1. The first-order chi connectivity index (χ1) is 21.2. The van der Waals surface area contributed by atoms with Crippen LogP contribution in [-0.2, 0) is 34.5 Å². The first-order valence-corrected chi connectivity index (χ1v) is 16.1. The minimum absolute atomic E-state index is 0.0310. The number of carbonyl (C=O) groups is 1. The lowest BCUT2D eigenvalue weighted by molar-refractivity contribution is -0.143. The monoisotopic (exact) mass is 675 g/mol. The van der Waals surface area contributed by atoms with Crippen molar-refractivity contribution in [3.05, 3.63) is 75.8 Å². The number of benzene rings is 1. The third-order valence-corrected chi connectivity index (χ3v) is 10.5. The van der Waals surface area contributed by atoms with Gasteiger partial charge in [-0.1, -0.05) is 17.7 Å². The highest BCUT2D eigenvalue weighted by Crippen LogP contribution is 2.35. The Morgan fingerprint density at radius 1 is 1.22 bits per heavy atom. The highest BCUT2D eigenvalue weighted by atomic mass is 35.5. The van der Waals surface area contributed by atoms with Crippen molar-refractivity contribution in [2.75, 3.05) is 24.2 Å². The van der Waals surface area contributed by atoms with Crippen molar-refractivity contribution in [2.24, 2.45) is 12.8 Å². The molecule has 2 bridgehead atoms. The fourth-order valence-electron chi connectivity index (χ4n) is 5.92. The summed E-state index contributed by atoms with van der Waals surface area (Å²) in [4.78, 5) is 17.3. The SMILES string of the molecule is Cn1nc(C(c2ccc(Cl)c(F)c2)C(N)C(=O)Nc2cncc(F)c2CCC2CNC3CCCS(=O)(=O)N2C3)cc1C(F)(F)F. The molecule has 1 amide bonds. The van der Waals surface area contributed by atoms with Gasteiger partial charge in [-0.15, -0.1) is 0 Å². The van der Waals surface area contributed by atoms with E-state index in [0.29, 0.717) is 24.2 Å². The molecule has 1 aromatic carbocycles. The molecule has 4 N–H and O–H groups in total. The summed E-state index contributed by atoms with van der Waals surface area (Å²) in [6.45, 7) is 0.701. The number of halogens is 6. The summed E-state index contributed by atoms with van der Waals surface area (Å²) in [6.07, 6.45) is -1.09. The van der Waals surface area contributed by atoms with Gasteiger partial charge < -0.3 is 16.4 Å². The van der Waals surface area contributed by atoms with E-state index in [9.17, 15) is 30.8 Å². The smallest absolute Gasteiger partial charge is 0.323 e. The number of carbonyl (C=O) groups excluding carboxylic acids is 1. The molecule has 3 aromatic rings. The van der Waals surface area contributed by atoms with Gasteiger partial charge in [0.25, 0.3) is 0 Å². The van der Waals surface area contributed by atoms with E-state index in [1.54, 1.807) is 0 Å². The van der Waals surface area contributed by atoms with Crippen LogP contribution in [0.25, 0.3) is 0 Å². The van der Waals surface area contributed by atoms with Gasteiger partial charge in [0.2, 0.25) is 15.9 Å².